The number of anilines is 2. The van der Waals surface area contributed by atoms with Gasteiger partial charge in [-0.1, -0.05) is 38.1 Å². The fourth-order valence-corrected chi connectivity index (χ4v) is 5.62. The van der Waals surface area contributed by atoms with Gasteiger partial charge < -0.3 is 9.47 Å². The average Bonchev–Trinajstić information content (AvgIpc) is 3.44. The first-order valence-corrected chi connectivity index (χ1v) is 14.1. The van der Waals surface area contributed by atoms with Crippen molar-refractivity contribution in [3.05, 3.63) is 48.5 Å². The van der Waals surface area contributed by atoms with E-state index in [9.17, 15) is 19.2 Å². The van der Waals surface area contributed by atoms with Crippen LogP contribution in [-0.4, -0.2) is 84.9 Å². The van der Waals surface area contributed by atoms with Gasteiger partial charge in [0.25, 0.3) is 11.8 Å². The highest BCUT2D eigenvalue weighted by atomic mass is 16.5. The van der Waals surface area contributed by atoms with Crippen LogP contribution in [0.1, 0.15) is 39.5 Å². The number of hydrogen-bond acceptors (Lipinski definition) is 8. The summed E-state index contributed by atoms with van der Waals surface area (Å²) in [5.41, 5.74) is 0.955. The zero-order valence-corrected chi connectivity index (χ0v) is 23.1. The van der Waals surface area contributed by atoms with Crippen LogP contribution in [0.25, 0.3) is 0 Å². The number of imide groups is 2. The Morgan fingerprint density at radius 3 is 1.38 bits per heavy atom. The fourth-order valence-electron chi connectivity index (χ4n) is 5.62. The molecule has 0 N–H and O–H groups in total. The van der Waals surface area contributed by atoms with Crippen LogP contribution in [0.3, 0.4) is 0 Å². The number of nitrogens with zero attached hydrogens (tertiary/aromatic N) is 4. The van der Waals surface area contributed by atoms with Crippen molar-refractivity contribution < 1.29 is 28.7 Å². The molecule has 10 nitrogen and oxygen atoms in total. The molecule has 3 aliphatic rings. The van der Waals surface area contributed by atoms with Gasteiger partial charge in [-0.25, -0.2) is 9.80 Å². The van der Waals surface area contributed by atoms with E-state index in [0.717, 1.165) is 12.8 Å². The van der Waals surface area contributed by atoms with Gasteiger partial charge in [-0.05, 0) is 37.1 Å². The van der Waals surface area contributed by atoms with E-state index in [1.807, 2.05) is 35.8 Å². The second-order valence-electron chi connectivity index (χ2n) is 10.3. The lowest BCUT2D eigenvalue weighted by atomic mass is 10.1. The van der Waals surface area contributed by atoms with E-state index in [0.29, 0.717) is 62.3 Å². The minimum absolute atomic E-state index is 0.101. The summed E-state index contributed by atoms with van der Waals surface area (Å²) >= 11 is 0. The summed E-state index contributed by atoms with van der Waals surface area (Å²) in [7, 11) is 0. The van der Waals surface area contributed by atoms with E-state index in [-0.39, 0.29) is 36.5 Å². The smallest absolute Gasteiger partial charge is 0.251 e. The number of hydrogen-bond donors (Lipinski definition) is 0. The summed E-state index contributed by atoms with van der Waals surface area (Å²) in [6.07, 6.45) is 1.83. The van der Waals surface area contributed by atoms with Gasteiger partial charge in [-0.15, -0.1) is 0 Å². The van der Waals surface area contributed by atoms with Gasteiger partial charge in [-0.2, -0.15) is 0 Å². The molecule has 10 heteroatoms. The van der Waals surface area contributed by atoms with Gasteiger partial charge in [0.1, 0.15) is 11.5 Å². The molecule has 0 bridgehead atoms. The predicted octanol–water partition coefficient (Wildman–Crippen LogP) is 2.85. The Hall–Kier alpha value is -3.76. The van der Waals surface area contributed by atoms with Gasteiger partial charge >= 0.3 is 0 Å². The predicted molar refractivity (Wildman–Crippen MR) is 149 cm³/mol. The first kappa shape index (κ1) is 27.8. The molecule has 4 amide bonds. The molecule has 0 saturated carbocycles. The Morgan fingerprint density at radius 2 is 1.00 bits per heavy atom. The Labute approximate surface area is 234 Å². The van der Waals surface area contributed by atoms with Gasteiger partial charge in [0, 0.05) is 26.2 Å². The summed E-state index contributed by atoms with van der Waals surface area (Å²) < 4.78 is 11.6. The molecule has 2 atom stereocenters. The molecule has 212 valence electrons. The lowest BCUT2D eigenvalue weighted by Gasteiger charge is -2.38. The molecule has 3 heterocycles. The van der Waals surface area contributed by atoms with Crippen molar-refractivity contribution in [1.82, 2.24) is 9.80 Å². The molecule has 3 fully saturated rings. The Morgan fingerprint density at radius 1 is 0.625 bits per heavy atom. The van der Waals surface area contributed by atoms with Crippen LogP contribution in [0.2, 0.25) is 0 Å². The number of ether oxygens (including phenoxy) is 2. The summed E-state index contributed by atoms with van der Waals surface area (Å²) in [4.78, 5) is 59.4. The lowest BCUT2D eigenvalue weighted by Crippen LogP contribution is -2.56. The number of benzene rings is 2. The van der Waals surface area contributed by atoms with Crippen molar-refractivity contribution in [1.29, 1.82) is 0 Å². The molecule has 2 aromatic rings. The van der Waals surface area contributed by atoms with E-state index in [1.165, 1.54) is 9.80 Å². The van der Waals surface area contributed by atoms with E-state index in [2.05, 4.69) is 0 Å². The largest absolute Gasteiger partial charge is 0.491 e. The summed E-state index contributed by atoms with van der Waals surface area (Å²) in [5, 5.41) is 0. The lowest BCUT2D eigenvalue weighted by molar-refractivity contribution is -0.126. The van der Waals surface area contributed by atoms with Crippen molar-refractivity contribution in [3.8, 4) is 11.5 Å². The molecule has 2 aromatic carbocycles. The molecule has 0 radical (unpaired) electrons. The number of amides is 4. The normalized spacial score (nSPS) is 22.4. The quantitative estimate of drug-likeness (QED) is 0.418. The molecule has 0 aromatic heterocycles. The number of rotatable bonds is 10. The average molecular weight is 549 g/mol. The maximum atomic E-state index is 13.5. The minimum atomic E-state index is -0.561. The van der Waals surface area contributed by atoms with Crippen LogP contribution in [0.4, 0.5) is 11.4 Å². The third kappa shape index (κ3) is 5.33. The maximum Gasteiger partial charge on any atom is 0.251 e. The van der Waals surface area contributed by atoms with E-state index >= 15 is 0 Å². The van der Waals surface area contributed by atoms with Crippen molar-refractivity contribution in [2.75, 3.05) is 49.2 Å². The summed E-state index contributed by atoms with van der Waals surface area (Å²) in [5.74, 6) is 0.0301. The number of piperazine rings is 1. The molecule has 40 heavy (non-hydrogen) atoms. The first-order chi connectivity index (χ1) is 19.4. The Bertz CT molecular complexity index is 1180. The van der Waals surface area contributed by atoms with Crippen molar-refractivity contribution in [2.24, 2.45) is 0 Å². The van der Waals surface area contributed by atoms with Crippen LogP contribution in [0.15, 0.2) is 48.5 Å². The second-order valence-corrected chi connectivity index (χ2v) is 10.3. The van der Waals surface area contributed by atoms with Crippen LogP contribution in [0, 0.1) is 0 Å². The third-order valence-corrected chi connectivity index (χ3v) is 7.61. The third-order valence-electron chi connectivity index (χ3n) is 7.61. The summed E-state index contributed by atoms with van der Waals surface area (Å²) in [6.45, 7) is 7.04. The molecule has 3 saturated heterocycles. The monoisotopic (exact) mass is 548 g/mol. The topological polar surface area (TPSA) is 99.7 Å². The van der Waals surface area contributed by atoms with E-state index < -0.39 is 12.1 Å². The van der Waals surface area contributed by atoms with Gasteiger partial charge in [0.2, 0.25) is 11.8 Å². The molecule has 0 spiro atoms. The van der Waals surface area contributed by atoms with Crippen LogP contribution in [0.5, 0.6) is 11.5 Å². The van der Waals surface area contributed by atoms with Crippen molar-refractivity contribution in [2.45, 2.75) is 51.6 Å². The standard InChI is InChI=1S/C30H36N4O6/c1-3-17-39-25-11-7-5-9-21(25)33-27(35)19-23(29(33)37)31-13-15-32(16-14-31)24-20-28(36)34(30(24)38)22-10-6-8-12-26(22)40-18-4-2/h5-12,23-24H,3-4,13-20H2,1-2H3/t23-,24-/m0/s1. The van der Waals surface area contributed by atoms with Crippen molar-refractivity contribution in [3.63, 3.8) is 0 Å². The highest BCUT2D eigenvalue weighted by Crippen LogP contribution is 2.35. The van der Waals surface area contributed by atoms with E-state index in [4.69, 9.17) is 9.47 Å². The maximum absolute atomic E-state index is 13.5. The second kappa shape index (κ2) is 12.2. The number of para-hydroxylation sites is 4. The molecule has 0 aliphatic carbocycles. The van der Waals surface area contributed by atoms with Crippen LogP contribution in [-0.2, 0) is 19.2 Å². The highest BCUT2D eigenvalue weighted by molar-refractivity contribution is 6.23. The van der Waals surface area contributed by atoms with E-state index in [1.54, 1.807) is 36.4 Å². The zero-order chi connectivity index (χ0) is 28.2. The molecular formula is C30H36N4O6. The fraction of sp³-hybridized carbons (Fsp3) is 0.467. The van der Waals surface area contributed by atoms with Crippen molar-refractivity contribution >= 4 is 35.0 Å². The zero-order valence-electron chi connectivity index (χ0n) is 23.1. The van der Waals surface area contributed by atoms with Gasteiger partial charge in [-0.3, -0.25) is 29.0 Å². The number of carbonyl (C=O) groups is 4. The van der Waals surface area contributed by atoms with Crippen LogP contribution < -0.4 is 19.3 Å². The van der Waals surface area contributed by atoms with Crippen LogP contribution >= 0.6 is 0 Å². The summed E-state index contributed by atoms with van der Waals surface area (Å²) in [6, 6.07) is 13.1. The molecule has 5 rings (SSSR count). The highest BCUT2D eigenvalue weighted by Gasteiger charge is 2.47. The van der Waals surface area contributed by atoms with Gasteiger partial charge in [0.05, 0.1) is 49.5 Å². The molecular weight excluding hydrogens is 512 g/mol. The SMILES string of the molecule is CCCOc1ccccc1N1C(=O)C[C@H](N2CCN([C@H]3CC(=O)N(c4ccccc4OCCC)C3=O)CC2)C1=O. The molecule has 3 aliphatic heterocycles. The Kier molecular flexibility index (Phi) is 8.46. The molecule has 0 unspecified atom stereocenters. The number of carbonyl (C=O) groups excluding carboxylic acids is 4. The first-order valence-electron chi connectivity index (χ1n) is 14.1. The Balaban J connectivity index is 1.24. The minimum Gasteiger partial charge on any atom is -0.491 e. The van der Waals surface area contributed by atoms with Gasteiger partial charge in [0.15, 0.2) is 0 Å².